The van der Waals surface area contributed by atoms with Crippen LogP contribution in [0.5, 0.6) is 0 Å². The van der Waals surface area contributed by atoms with Crippen molar-refractivity contribution in [3.8, 4) is 0 Å². The number of nitrogens with one attached hydrogen (secondary N) is 1. The molecule has 0 unspecified atom stereocenters. The Balaban J connectivity index is 2.02. The fourth-order valence-corrected chi connectivity index (χ4v) is 2.66. The predicted octanol–water partition coefficient (Wildman–Crippen LogP) is 3.35. The largest absolute Gasteiger partial charge is 0.382 e. The van der Waals surface area contributed by atoms with Crippen LogP contribution in [0.15, 0.2) is 18.2 Å². The highest BCUT2D eigenvalue weighted by molar-refractivity contribution is 5.56. The highest BCUT2D eigenvalue weighted by atomic mass is 19.1. The van der Waals surface area contributed by atoms with Gasteiger partial charge in [-0.2, -0.15) is 0 Å². The Labute approximate surface area is 121 Å². The molecule has 0 saturated heterocycles. The summed E-state index contributed by atoms with van der Waals surface area (Å²) in [6.07, 6.45) is 4.23. The van der Waals surface area contributed by atoms with Crippen molar-refractivity contribution in [1.29, 1.82) is 0 Å². The Morgan fingerprint density at radius 2 is 1.90 bits per heavy atom. The van der Waals surface area contributed by atoms with E-state index in [9.17, 15) is 4.39 Å². The fraction of sp³-hybridized carbons (Fsp3) is 0.625. The van der Waals surface area contributed by atoms with Gasteiger partial charge in [0.1, 0.15) is 5.82 Å². The number of nitrogens with two attached hydrogens (primary N) is 1. The smallest absolute Gasteiger partial charge is 0.148 e. The van der Waals surface area contributed by atoms with E-state index in [-0.39, 0.29) is 11.9 Å². The molecule has 1 fully saturated rings. The minimum absolute atomic E-state index is 0.168. The van der Waals surface area contributed by atoms with E-state index >= 15 is 0 Å². The fourth-order valence-electron chi connectivity index (χ4n) is 2.66. The first kappa shape index (κ1) is 15.1. The third kappa shape index (κ3) is 3.63. The quantitative estimate of drug-likeness (QED) is 0.888. The number of hydrogen-bond acceptors (Lipinski definition) is 3. The summed E-state index contributed by atoms with van der Waals surface area (Å²) in [7, 11) is 1.92. The molecule has 0 spiro atoms. The molecule has 1 aromatic carbocycles. The van der Waals surface area contributed by atoms with Gasteiger partial charge in [0.25, 0.3) is 0 Å². The van der Waals surface area contributed by atoms with Crippen molar-refractivity contribution >= 4 is 11.4 Å². The zero-order valence-electron chi connectivity index (χ0n) is 12.7. The van der Waals surface area contributed by atoms with Gasteiger partial charge in [-0.25, -0.2) is 4.39 Å². The molecule has 0 heterocycles. The predicted molar refractivity (Wildman–Crippen MR) is 83.8 cm³/mol. The molecule has 20 heavy (non-hydrogen) atoms. The SMILES string of the molecule is CC(C)N(C)c1ccc(NC2CCC(N)CC2)cc1F. The maximum atomic E-state index is 14.2. The average Bonchev–Trinajstić information content (AvgIpc) is 2.41. The molecule has 4 heteroatoms. The normalized spacial score (nSPS) is 22.9. The third-order valence-corrected chi connectivity index (χ3v) is 4.24. The zero-order chi connectivity index (χ0) is 14.7. The van der Waals surface area contributed by atoms with Crippen molar-refractivity contribution in [1.82, 2.24) is 0 Å². The molecular weight excluding hydrogens is 253 g/mol. The number of rotatable bonds is 4. The Hall–Kier alpha value is -1.29. The number of benzene rings is 1. The summed E-state index contributed by atoms with van der Waals surface area (Å²) in [6, 6.07) is 6.46. The molecule has 2 rings (SSSR count). The van der Waals surface area contributed by atoms with Gasteiger partial charge in [-0.1, -0.05) is 0 Å². The van der Waals surface area contributed by atoms with Gasteiger partial charge in [-0.15, -0.1) is 0 Å². The van der Waals surface area contributed by atoms with E-state index < -0.39 is 0 Å². The number of nitrogens with zero attached hydrogens (tertiary/aromatic N) is 1. The lowest BCUT2D eigenvalue weighted by Crippen LogP contribution is -2.32. The van der Waals surface area contributed by atoms with Gasteiger partial charge < -0.3 is 16.0 Å². The van der Waals surface area contributed by atoms with Gasteiger partial charge in [0.2, 0.25) is 0 Å². The van der Waals surface area contributed by atoms with Crippen molar-refractivity contribution in [2.24, 2.45) is 5.73 Å². The number of hydrogen-bond donors (Lipinski definition) is 2. The summed E-state index contributed by atoms with van der Waals surface area (Å²) < 4.78 is 14.2. The van der Waals surface area contributed by atoms with E-state index in [1.165, 1.54) is 0 Å². The summed E-state index contributed by atoms with van der Waals surface area (Å²) in [5.41, 5.74) is 7.42. The Morgan fingerprint density at radius 1 is 1.25 bits per heavy atom. The minimum atomic E-state index is -0.168. The first-order valence-electron chi connectivity index (χ1n) is 7.52. The lowest BCUT2D eigenvalue weighted by atomic mass is 9.91. The summed E-state index contributed by atoms with van der Waals surface area (Å²) >= 11 is 0. The molecule has 0 atom stereocenters. The monoisotopic (exact) mass is 279 g/mol. The molecule has 0 aliphatic heterocycles. The number of halogens is 1. The van der Waals surface area contributed by atoms with Crippen molar-refractivity contribution in [2.45, 2.75) is 57.7 Å². The van der Waals surface area contributed by atoms with Crippen LogP contribution in [-0.4, -0.2) is 25.2 Å². The van der Waals surface area contributed by atoms with E-state index in [4.69, 9.17) is 5.73 Å². The lowest BCUT2D eigenvalue weighted by molar-refractivity contribution is 0.411. The molecule has 1 aliphatic carbocycles. The van der Waals surface area contributed by atoms with E-state index in [1.54, 1.807) is 6.07 Å². The molecule has 3 nitrogen and oxygen atoms in total. The topological polar surface area (TPSA) is 41.3 Å². The second-order valence-electron chi connectivity index (χ2n) is 6.13. The molecular formula is C16H26FN3. The molecule has 0 radical (unpaired) electrons. The summed E-state index contributed by atoms with van der Waals surface area (Å²) in [5.74, 6) is -0.168. The summed E-state index contributed by atoms with van der Waals surface area (Å²) in [4.78, 5) is 1.94. The Morgan fingerprint density at radius 3 is 2.45 bits per heavy atom. The van der Waals surface area contributed by atoms with Crippen LogP contribution in [-0.2, 0) is 0 Å². The summed E-state index contributed by atoms with van der Waals surface area (Å²) in [6.45, 7) is 4.10. The van der Waals surface area contributed by atoms with Crippen LogP contribution in [0.4, 0.5) is 15.8 Å². The first-order chi connectivity index (χ1) is 9.47. The van der Waals surface area contributed by atoms with Crippen LogP contribution < -0.4 is 16.0 Å². The molecule has 0 amide bonds. The molecule has 112 valence electrons. The van der Waals surface area contributed by atoms with Crippen molar-refractivity contribution in [2.75, 3.05) is 17.3 Å². The van der Waals surface area contributed by atoms with Crippen LogP contribution in [0.3, 0.4) is 0 Å². The first-order valence-corrected chi connectivity index (χ1v) is 7.52. The second-order valence-corrected chi connectivity index (χ2v) is 6.13. The van der Waals surface area contributed by atoms with Gasteiger partial charge in [-0.3, -0.25) is 0 Å². The lowest BCUT2D eigenvalue weighted by Gasteiger charge is -2.28. The molecule has 0 bridgehead atoms. The Bertz CT molecular complexity index is 439. The van der Waals surface area contributed by atoms with Crippen LogP contribution in [0.25, 0.3) is 0 Å². The number of anilines is 2. The highest BCUT2D eigenvalue weighted by Crippen LogP contribution is 2.26. The second kappa shape index (κ2) is 6.44. The van der Waals surface area contributed by atoms with Crippen molar-refractivity contribution in [3.63, 3.8) is 0 Å². The standard InChI is InChI=1S/C16H26FN3/c1-11(2)20(3)16-9-8-14(10-15(16)17)19-13-6-4-12(18)5-7-13/h8-13,19H,4-7,18H2,1-3H3. The summed E-state index contributed by atoms with van der Waals surface area (Å²) in [5, 5.41) is 3.42. The molecule has 1 aliphatic rings. The van der Waals surface area contributed by atoms with Crippen molar-refractivity contribution in [3.05, 3.63) is 24.0 Å². The van der Waals surface area contributed by atoms with Crippen LogP contribution in [0.1, 0.15) is 39.5 Å². The maximum Gasteiger partial charge on any atom is 0.148 e. The van der Waals surface area contributed by atoms with E-state index in [0.29, 0.717) is 17.8 Å². The minimum Gasteiger partial charge on any atom is -0.382 e. The van der Waals surface area contributed by atoms with Crippen molar-refractivity contribution < 1.29 is 4.39 Å². The van der Waals surface area contributed by atoms with Gasteiger partial charge in [0.15, 0.2) is 0 Å². The molecule has 0 aromatic heterocycles. The average molecular weight is 279 g/mol. The maximum absolute atomic E-state index is 14.2. The van der Waals surface area contributed by atoms with Gasteiger partial charge >= 0.3 is 0 Å². The van der Waals surface area contributed by atoms with Crippen LogP contribution in [0.2, 0.25) is 0 Å². The van der Waals surface area contributed by atoms with Crippen LogP contribution in [0, 0.1) is 5.82 Å². The van der Waals surface area contributed by atoms with E-state index in [1.807, 2.05) is 24.1 Å². The van der Waals surface area contributed by atoms with E-state index in [0.717, 1.165) is 31.4 Å². The van der Waals surface area contributed by atoms with Gasteiger partial charge in [0, 0.05) is 30.9 Å². The Kier molecular flexibility index (Phi) is 4.86. The highest BCUT2D eigenvalue weighted by Gasteiger charge is 2.19. The molecule has 1 saturated carbocycles. The van der Waals surface area contributed by atoms with E-state index in [2.05, 4.69) is 19.2 Å². The molecule has 1 aromatic rings. The van der Waals surface area contributed by atoms with Crippen LogP contribution >= 0.6 is 0 Å². The zero-order valence-corrected chi connectivity index (χ0v) is 12.7. The molecule has 3 N–H and O–H groups in total. The van der Waals surface area contributed by atoms with Gasteiger partial charge in [-0.05, 0) is 57.7 Å². The van der Waals surface area contributed by atoms with Gasteiger partial charge in [0.05, 0.1) is 5.69 Å². The third-order valence-electron chi connectivity index (χ3n) is 4.24.